The first-order chi connectivity index (χ1) is 8.19. The summed E-state index contributed by atoms with van der Waals surface area (Å²) >= 11 is 6.17. The number of rotatable bonds is 4. The lowest BCUT2D eigenvalue weighted by atomic mass is 10.1. The minimum Gasteiger partial charge on any atom is -0.256 e. The summed E-state index contributed by atoms with van der Waals surface area (Å²) in [4.78, 5) is 4.31. The minimum atomic E-state index is 0.808. The van der Waals surface area contributed by atoms with Gasteiger partial charge in [0, 0.05) is 11.2 Å². The molecule has 0 saturated carbocycles. The first-order valence-corrected chi connectivity index (χ1v) is 6.17. The van der Waals surface area contributed by atoms with E-state index in [9.17, 15) is 0 Å². The average molecular weight is 248 g/mol. The quantitative estimate of drug-likeness (QED) is 0.685. The molecule has 0 spiro atoms. The Balaban J connectivity index is 2.91. The average Bonchev–Trinajstić information content (AvgIpc) is 2.39. The molecule has 17 heavy (non-hydrogen) atoms. The molecule has 1 aromatic heterocycles. The van der Waals surface area contributed by atoms with Gasteiger partial charge in [-0.15, -0.1) is 0 Å². The molecular formula is C15H18ClN. The molecule has 2 heteroatoms. The zero-order valence-electron chi connectivity index (χ0n) is 10.6. The van der Waals surface area contributed by atoms with E-state index in [1.165, 1.54) is 5.57 Å². The molecule has 0 radical (unpaired) electrons. The molecule has 0 aliphatic carbocycles. The molecule has 0 bridgehead atoms. The lowest BCUT2D eigenvalue weighted by Crippen LogP contribution is -1.85. The van der Waals surface area contributed by atoms with Crippen molar-refractivity contribution in [1.82, 2.24) is 4.98 Å². The van der Waals surface area contributed by atoms with Crippen LogP contribution in [0.25, 0.3) is 5.57 Å². The molecule has 0 aliphatic heterocycles. The van der Waals surface area contributed by atoms with Crippen LogP contribution in [0.5, 0.6) is 0 Å². The van der Waals surface area contributed by atoms with E-state index in [-0.39, 0.29) is 0 Å². The summed E-state index contributed by atoms with van der Waals surface area (Å²) in [5.74, 6) is 0. The van der Waals surface area contributed by atoms with Gasteiger partial charge in [0.25, 0.3) is 0 Å². The van der Waals surface area contributed by atoms with Crippen LogP contribution < -0.4 is 0 Å². The van der Waals surface area contributed by atoms with Gasteiger partial charge in [-0.2, -0.15) is 0 Å². The Kier molecular flexibility index (Phi) is 5.71. The number of aromatic nitrogens is 1. The van der Waals surface area contributed by atoms with Crippen molar-refractivity contribution in [2.45, 2.75) is 27.2 Å². The highest BCUT2D eigenvalue weighted by Gasteiger charge is 1.98. The molecule has 1 aromatic rings. The van der Waals surface area contributed by atoms with Crippen LogP contribution in [-0.4, -0.2) is 4.98 Å². The van der Waals surface area contributed by atoms with E-state index in [2.05, 4.69) is 11.9 Å². The van der Waals surface area contributed by atoms with Gasteiger partial charge in [-0.1, -0.05) is 42.3 Å². The maximum Gasteiger partial charge on any atom is 0.0698 e. The van der Waals surface area contributed by atoms with Crippen LogP contribution in [0.3, 0.4) is 0 Å². The van der Waals surface area contributed by atoms with Gasteiger partial charge in [0.05, 0.1) is 5.69 Å². The van der Waals surface area contributed by atoms with Crippen LogP contribution in [0.15, 0.2) is 53.2 Å². The van der Waals surface area contributed by atoms with Crippen LogP contribution in [0.1, 0.15) is 32.9 Å². The Labute approximate surface area is 109 Å². The zero-order chi connectivity index (χ0) is 12.7. The largest absolute Gasteiger partial charge is 0.256 e. The summed E-state index contributed by atoms with van der Waals surface area (Å²) in [5, 5.41) is 0.808. The maximum atomic E-state index is 6.17. The lowest BCUT2D eigenvalue weighted by Gasteiger charge is -2.01. The first kappa shape index (κ1) is 13.7. The van der Waals surface area contributed by atoms with Gasteiger partial charge >= 0.3 is 0 Å². The van der Waals surface area contributed by atoms with Crippen LogP contribution >= 0.6 is 11.6 Å². The SMILES string of the molecule is C\C=C(/C=C\C(Cl)=C(/C)CC)c1ccccn1. The molecule has 0 unspecified atom stereocenters. The van der Waals surface area contributed by atoms with Gasteiger partial charge in [-0.3, -0.25) is 4.98 Å². The predicted molar refractivity (Wildman–Crippen MR) is 75.9 cm³/mol. The second kappa shape index (κ2) is 7.08. The third-order valence-corrected chi connectivity index (χ3v) is 3.07. The molecule has 1 heterocycles. The third-order valence-electron chi connectivity index (χ3n) is 2.62. The maximum absolute atomic E-state index is 6.17. The van der Waals surface area contributed by atoms with E-state index < -0.39 is 0 Å². The summed E-state index contributed by atoms with van der Waals surface area (Å²) in [6.07, 6.45) is 8.73. The van der Waals surface area contributed by atoms with Gasteiger partial charge < -0.3 is 0 Å². The number of halogens is 1. The summed E-state index contributed by atoms with van der Waals surface area (Å²) in [6, 6.07) is 5.88. The van der Waals surface area contributed by atoms with E-state index in [1.807, 2.05) is 50.3 Å². The molecule has 0 amide bonds. The molecule has 0 aromatic carbocycles. The van der Waals surface area contributed by atoms with Crippen LogP contribution in [0.2, 0.25) is 0 Å². The van der Waals surface area contributed by atoms with Gasteiger partial charge in [0.2, 0.25) is 0 Å². The van der Waals surface area contributed by atoms with Gasteiger partial charge in [0.1, 0.15) is 0 Å². The molecule has 0 atom stereocenters. The lowest BCUT2D eigenvalue weighted by molar-refractivity contribution is 1.09. The molecule has 90 valence electrons. The summed E-state index contributed by atoms with van der Waals surface area (Å²) in [7, 11) is 0. The third kappa shape index (κ3) is 4.20. The van der Waals surface area contributed by atoms with E-state index >= 15 is 0 Å². The van der Waals surface area contributed by atoms with Crippen LogP contribution in [-0.2, 0) is 0 Å². The second-order valence-electron chi connectivity index (χ2n) is 3.77. The van der Waals surface area contributed by atoms with Crippen molar-refractivity contribution < 1.29 is 0 Å². The van der Waals surface area contributed by atoms with Gasteiger partial charge in [0.15, 0.2) is 0 Å². The van der Waals surface area contributed by atoms with Crippen molar-refractivity contribution in [1.29, 1.82) is 0 Å². The zero-order valence-corrected chi connectivity index (χ0v) is 11.3. The van der Waals surface area contributed by atoms with E-state index in [1.54, 1.807) is 6.20 Å². The molecule has 0 saturated heterocycles. The van der Waals surface area contributed by atoms with Crippen molar-refractivity contribution in [2.75, 3.05) is 0 Å². The highest BCUT2D eigenvalue weighted by atomic mass is 35.5. The number of nitrogens with zero attached hydrogens (tertiary/aromatic N) is 1. The Morgan fingerprint density at radius 1 is 1.35 bits per heavy atom. The fourth-order valence-electron chi connectivity index (χ4n) is 1.34. The summed E-state index contributed by atoms with van der Waals surface area (Å²) in [5.41, 5.74) is 3.23. The summed E-state index contributed by atoms with van der Waals surface area (Å²) < 4.78 is 0. The number of hydrogen-bond donors (Lipinski definition) is 0. The highest BCUT2D eigenvalue weighted by molar-refractivity contribution is 6.31. The van der Waals surface area contributed by atoms with Crippen molar-refractivity contribution in [3.05, 3.63) is 58.9 Å². The number of allylic oxidation sites excluding steroid dienone is 6. The normalized spacial score (nSPS) is 14.0. The molecule has 0 aliphatic rings. The second-order valence-corrected chi connectivity index (χ2v) is 4.18. The van der Waals surface area contributed by atoms with Crippen LogP contribution in [0.4, 0.5) is 0 Å². The molecular weight excluding hydrogens is 230 g/mol. The molecule has 1 rings (SSSR count). The fraction of sp³-hybridized carbons (Fsp3) is 0.267. The van der Waals surface area contributed by atoms with E-state index in [4.69, 9.17) is 11.6 Å². The monoisotopic (exact) mass is 247 g/mol. The van der Waals surface area contributed by atoms with Crippen molar-refractivity contribution >= 4 is 17.2 Å². The Hall–Kier alpha value is -1.34. The van der Waals surface area contributed by atoms with Crippen molar-refractivity contribution in [2.24, 2.45) is 0 Å². The molecule has 0 N–H and O–H groups in total. The predicted octanol–water partition coefficient (Wildman–Crippen LogP) is 4.96. The Bertz CT molecular complexity index is 441. The molecule has 0 fully saturated rings. The summed E-state index contributed by atoms with van der Waals surface area (Å²) in [6.45, 7) is 6.14. The van der Waals surface area contributed by atoms with E-state index in [0.29, 0.717) is 0 Å². The Morgan fingerprint density at radius 3 is 2.65 bits per heavy atom. The highest BCUT2D eigenvalue weighted by Crippen LogP contribution is 2.18. The minimum absolute atomic E-state index is 0.808. The van der Waals surface area contributed by atoms with E-state index in [0.717, 1.165) is 22.7 Å². The Morgan fingerprint density at radius 2 is 2.12 bits per heavy atom. The van der Waals surface area contributed by atoms with Crippen molar-refractivity contribution in [3.63, 3.8) is 0 Å². The topological polar surface area (TPSA) is 12.9 Å². The van der Waals surface area contributed by atoms with Crippen molar-refractivity contribution in [3.8, 4) is 0 Å². The molecule has 1 nitrogen and oxygen atoms in total. The standard InChI is InChI=1S/C15H18ClN/c1-4-12(3)14(16)10-9-13(5-2)15-8-6-7-11-17-15/h5-11H,4H2,1-3H3/b10-9-,13-5+,14-12-. The fourth-order valence-corrected chi connectivity index (χ4v) is 1.53. The smallest absolute Gasteiger partial charge is 0.0698 e. The van der Waals surface area contributed by atoms with Gasteiger partial charge in [-0.25, -0.2) is 0 Å². The van der Waals surface area contributed by atoms with Crippen LogP contribution in [0, 0.1) is 0 Å². The van der Waals surface area contributed by atoms with Gasteiger partial charge in [-0.05, 0) is 44.1 Å². The first-order valence-electron chi connectivity index (χ1n) is 5.80. The number of pyridine rings is 1. The number of hydrogen-bond acceptors (Lipinski definition) is 1.